The molecule has 0 aliphatic rings. The van der Waals surface area contributed by atoms with Crippen molar-refractivity contribution < 1.29 is 13.6 Å². The molecule has 1 amide bonds. The lowest BCUT2D eigenvalue weighted by molar-refractivity contribution is -0.119. The van der Waals surface area contributed by atoms with E-state index in [9.17, 15) is 13.6 Å². The molecule has 0 saturated heterocycles. The van der Waals surface area contributed by atoms with Crippen LogP contribution in [0.25, 0.3) is 0 Å². The molecule has 0 radical (unpaired) electrons. The van der Waals surface area contributed by atoms with E-state index in [4.69, 9.17) is 5.73 Å². The van der Waals surface area contributed by atoms with E-state index in [-0.39, 0.29) is 17.5 Å². The zero-order valence-corrected chi connectivity index (χ0v) is 8.97. The number of rotatable bonds is 4. The van der Waals surface area contributed by atoms with E-state index in [1.165, 1.54) is 6.07 Å². The highest BCUT2D eigenvalue weighted by Crippen LogP contribution is 2.14. The third-order valence-corrected chi connectivity index (χ3v) is 2.23. The molecule has 0 fully saturated rings. The molecule has 1 aromatic carbocycles. The van der Waals surface area contributed by atoms with Crippen molar-refractivity contribution in [2.75, 3.05) is 11.9 Å². The van der Waals surface area contributed by atoms with Gasteiger partial charge in [-0.05, 0) is 25.1 Å². The first-order valence-corrected chi connectivity index (χ1v) is 5.00. The van der Waals surface area contributed by atoms with Crippen LogP contribution in [0, 0.1) is 17.6 Å². The third-order valence-electron chi connectivity index (χ3n) is 2.23. The average molecular weight is 228 g/mol. The Balaban J connectivity index is 2.66. The van der Waals surface area contributed by atoms with E-state index in [0.717, 1.165) is 12.1 Å². The molecule has 5 heteroatoms. The highest BCUT2D eigenvalue weighted by atomic mass is 19.2. The van der Waals surface area contributed by atoms with Crippen molar-refractivity contribution in [2.45, 2.75) is 13.3 Å². The fourth-order valence-electron chi connectivity index (χ4n) is 1.22. The first-order valence-electron chi connectivity index (χ1n) is 5.00. The van der Waals surface area contributed by atoms with E-state index >= 15 is 0 Å². The number of carbonyl (C=O) groups excluding carboxylic acids is 1. The molecule has 0 aromatic heterocycles. The molecule has 0 aliphatic heterocycles. The summed E-state index contributed by atoms with van der Waals surface area (Å²) < 4.78 is 25.4. The van der Waals surface area contributed by atoms with Gasteiger partial charge in [-0.3, -0.25) is 4.79 Å². The Morgan fingerprint density at radius 2 is 2.12 bits per heavy atom. The maximum atomic E-state index is 12.8. The van der Waals surface area contributed by atoms with Crippen molar-refractivity contribution in [3.05, 3.63) is 29.8 Å². The molecule has 1 aromatic rings. The molecule has 3 N–H and O–H groups in total. The van der Waals surface area contributed by atoms with Gasteiger partial charge in [0.25, 0.3) is 0 Å². The zero-order chi connectivity index (χ0) is 12.1. The summed E-state index contributed by atoms with van der Waals surface area (Å²) in [5.41, 5.74) is 5.56. The van der Waals surface area contributed by atoms with E-state index in [0.29, 0.717) is 13.0 Å². The second kappa shape index (κ2) is 5.55. The number of benzene rings is 1. The lowest BCUT2D eigenvalue weighted by atomic mass is 10.1. The van der Waals surface area contributed by atoms with Crippen molar-refractivity contribution in [2.24, 2.45) is 11.7 Å². The lowest BCUT2D eigenvalue weighted by Gasteiger charge is -2.11. The fourth-order valence-corrected chi connectivity index (χ4v) is 1.22. The summed E-state index contributed by atoms with van der Waals surface area (Å²) in [6, 6.07) is 3.23. The van der Waals surface area contributed by atoms with E-state index in [1.54, 1.807) is 6.92 Å². The van der Waals surface area contributed by atoms with Crippen LogP contribution < -0.4 is 11.1 Å². The Labute approximate surface area is 92.6 Å². The van der Waals surface area contributed by atoms with Gasteiger partial charge in [-0.15, -0.1) is 0 Å². The molecule has 0 heterocycles. The van der Waals surface area contributed by atoms with Gasteiger partial charge in [0.2, 0.25) is 5.91 Å². The van der Waals surface area contributed by atoms with Gasteiger partial charge in [0.15, 0.2) is 11.6 Å². The van der Waals surface area contributed by atoms with Gasteiger partial charge in [-0.25, -0.2) is 8.78 Å². The molecule has 3 nitrogen and oxygen atoms in total. The standard InChI is InChI=1S/C11H14F2N2O/c1-7(4-5-14)11(16)15-8-2-3-9(12)10(13)6-8/h2-3,6-7H,4-5,14H2,1H3,(H,15,16). The van der Waals surface area contributed by atoms with Crippen molar-refractivity contribution >= 4 is 11.6 Å². The number of hydrogen-bond donors (Lipinski definition) is 2. The summed E-state index contributed by atoms with van der Waals surface area (Å²) >= 11 is 0. The first-order chi connectivity index (χ1) is 7.54. The Bertz CT molecular complexity index is 382. The number of nitrogens with one attached hydrogen (secondary N) is 1. The van der Waals surface area contributed by atoms with Crippen LogP contribution in [0.3, 0.4) is 0 Å². The number of carbonyl (C=O) groups is 1. The van der Waals surface area contributed by atoms with E-state index in [2.05, 4.69) is 5.32 Å². The second-order valence-electron chi connectivity index (χ2n) is 3.60. The molecular formula is C11H14F2N2O. The van der Waals surface area contributed by atoms with Crippen LogP contribution in [0.5, 0.6) is 0 Å². The van der Waals surface area contributed by atoms with Crippen LogP contribution in [0.2, 0.25) is 0 Å². The van der Waals surface area contributed by atoms with Crippen molar-refractivity contribution in [3.63, 3.8) is 0 Å². The molecule has 0 aliphatic carbocycles. The highest BCUT2D eigenvalue weighted by Gasteiger charge is 2.12. The van der Waals surface area contributed by atoms with Crippen LogP contribution in [-0.4, -0.2) is 12.5 Å². The number of nitrogens with two attached hydrogens (primary N) is 1. The summed E-state index contributed by atoms with van der Waals surface area (Å²) in [6.07, 6.45) is 0.551. The van der Waals surface area contributed by atoms with E-state index in [1.807, 2.05) is 0 Å². The first kappa shape index (κ1) is 12.6. The van der Waals surface area contributed by atoms with Gasteiger partial charge in [-0.1, -0.05) is 6.92 Å². The Kier molecular flexibility index (Phi) is 4.37. The highest BCUT2D eigenvalue weighted by molar-refractivity contribution is 5.92. The monoisotopic (exact) mass is 228 g/mol. The van der Waals surface area contributed by atoms with E-state index < -0.39 is 11.6 Å². The van der Waals surface area contributed by atoms with Crippen LogP contribution >= 0.6 is 0 Å². The smallest absolute Gasteiger partial charge is 0.227 e. The van der Waals surface area contributed by atoms with Crippen LogP contribution in [0.1, 0.15) is 13.3 Å². The summed E-state index contributed by atoms with van der Waals surface area (Å²) in [4.78, 5) is 11.5. The summed E-state index contributed by atoms with van der Waals surface area (Å²) in [6.45, 7) is 2.13. The molecule has 1 unspecified atom stereocenters. The fraction of sp³-hybridized carbons (Fsp3) is 0.364. The van der Waals surface area contributed by atoms with Crippen molar-refractivity contribution in [1.29, 1.82) is 0 Å². The topological polar surface area (TPSA) is 55.1 Å². The summed E-state index contributed by atoms with van der Waals surface area (Å²) in [5.74, 6) is -2.42. The Hall–Kier alpha value is -1.49. The normalized spacial score (nSPS) is 12.2. The minimum absolute atomic E-state index is 0.243. The number of anilines is 1. The van der Waals surface area contributed by atoms with Crippen LogP contribution in [0.15, 0.2) is 18.2 Å². The number of halogens is 2. The molecule has 1 rings (SSSR count). The molecule has 1 atom stereocenters. The van der Waals surface area contributed by atoms with Gasteiger partial charge in [0.05, 0.1) is 0 Å². The zero-order valence-electron chi connectivity index (χ0n) is 8.97. The third kappa shape index (κ3) is 3.27. The minimum atomic E-state index is -0.982. The van der Waals surface area contributed by atoms with Gasteiger partial charge in [0, 0.05) is 17.7 Å². The van der Waals surface area contributed by atoms with Crippen molar-refractivity contribution in [1.82, 2.24) is 0 Å². The van der Waals surface area contributed by atoms with Gasteiger partial charge in [0.1, 0.15) is 0 Å². The van der Waals surface area contributed by atoms with Gasteiger partial charge >= 0.3 is 0 Å². The van der Waals surface area contributed by atoms with Gasteiger partial charge < -0.3 is 11.1 Å². The van der Waals surface area contributed by atoms with Gasteiger partial charge in [-0.2, -0.15) is 0 Å². The lowest BCUT2D eigenvalue weighted by Crippen LogP contribution is -2.22. The quantitative estimate of drug-likeness (QED) is 0.826. The maximum absolute atomic E-state index is 12.8. The average Bonchev–Trinajstić information content (AvgIpc) is 2.24. The predicted molar refractivity (Wildman–Crippen MR) is 57.8 cm³/mol. The van der Waals surface area contributed by atoms with Crippen molar-refractivity contribution in [3.8, 4) is 0 Å². The summed E-state index contributed by atoms with van der Waals surface area (Å²) in [7, 11) is 0. The molecule has 0 saturated carbocycles. The SMILES string of the molecule is CC(CCN)C(=O)Nc1ccc(F)c(F)c1. The Morgan fingerprint density at radius 1 is 1.44 bits per heavy atom. The molecule has 88 valence electrons. The maximum Gasteiger partial charge on any atom is 0.227 e. The van der Waals surface area contributed by atoms with Crippen LogP contribution in [-0.2, 0) is 4.79 Å². The number of amides is 1. The molecule has 16 heavy (non-hydrogen) atoms. The predicted octanol–water partition coefficient (Wildman–Crippen LogP) is 1.89. The number of hydrogen-bond acceptors (Lipinski definition) is 2. The molecular weight excluding hydrogens is 214 g/mol. The Morgan fingerprint density at radius 3 is 2.69 bits per heavy atom. The van der Waals surface area contributed by atoms with Crippen LogP contribution in [0.4, 0.5) is 14.5 Å². The minimum Gasteiger partial charge on any atom is -0.330 e. The summed E-state index contributed by atoms with van der Waals surface area (Å²) in [5, 5.41) is 2.49. The largest absolute Gasteiger partial charge is 0.330 e. The molecule has 0 bridgehead atoms. The molecule has 0 spiro atoms. The second-order valence-corrected chi connectivity index (χ2v) is 3.60.